The summed E-state index contributed by atoms with van der Waals surface area (Å²) in [6.07, 6.45) is 0. The first-order chi connectivity index (χ1) is 11.0. The molecule has 0 unspecified atom stereocenters. The molecule has 2 aromatic rings. The van der Waals surface area contributed by atoms with Crippen LogP contribution in [0.25, 0.3) is 0 Å². The Morgan fingerprint density at radius 2 is 1.91 bits per heavy atom. The van der Waals surface area contributed by atoms with Crippen molar-refractivity contribution in [2.45, 2.75) is 13.0 Å². The van der Waals surface area contributed by atoms with E-state index in [9.17, 15) is 14.0 Å². The van der Waals surface area contributed by atoms with Gasteiger partial charge in [0.15, 0.2) is 6.61 Å². The highest BCUT2D eigenvalue weighted by molar-refractivity contribution is 9.10. The van der Waals surface area contributed by atoms with Crippen LogP contribution in [0.4, 0.5) is 4.39 Å². The maximum atomic E-state index is 13.0. The molecule has 0 bridgehead atoms. The van der Waals surface area contributed by atoms with Gasteiger partial charge in [-0.1, -0.05) is 30.3 Å². The van der Waals surface area contributed by atoms with Crippen LogP contribution in [0.5, 0.6) is 0 Å². The Labute approximate surface area is 141 Å². The Morgan fingerprint density at radius 3 is 2.57 bits per heavy atom. The summed E-state index contributed by atoms with van der Waals surface area (Å²) in [6.45, 7) is 1.44. The van der Waals surface area contributed by atoms with Gasteiger partial charge in [-0.25, -0.2) is 9.18 Å². The topological polar surface area (TPSA) is 55.4 Å². The van der Waals surface area contributed by atoms with E-state index in [1.807, 2.05) is 37.3 Å². The second-order valence-corrected chi connectivity index (χ2v) is 5.75. The largest absolute Gasteiger partial charge is 0.452 e. The lowest BCUT2D eigenvalue weighted by Gasteiger charge is -2.14. The summed E-state index contributed by atoms with van der Waals surface area (Å²) in [7, 11) is 0. The lowest BCUT2D eigenvalue weighted by Crippen LogP contribution is -2.31. The molecule has 0 saturated carbocycles. The minimum absolute atomic E-state index is 0.162. The number of carbonyl (C=O) groups is 2. The van der Waals surface area contributed by atoms with Crippen molar-refractivity contribution >= 4 is 27.8 Å². The molecule has 120 valence electrons. The van der Waals surface area contributed by atoms with E-state index < -0.39 is 24.3 Å². The summed E-state index contributed by atoms with van der Waals surface area (Å²) in [5, 5.41) is 2.74. The van der Waals surface area contributed by atoms with Crippen LogP contribution >= 0.6 is 15.9 Å². The van der Waals surface area contributed by atoms with Crippen LogP contribution in [0, 0.1) is 5.82 Å². The fourth-order valence-electron chi connectivity index (χ4n) is 1.97. The van der Waals surface area contributed by atoms with Gasteiger partial charge in [-0.15, -0.1) is 0 Å². The first-order valence-corrected chi connectivity index (χ1v) is 7.73. The maximum absolute atomic E-state index is 13.0. The van der Waals surface area contributed by atoms with Gasteiger partial charge >= 0.3 is 5.97 Å². The van der Waals surface area contributed by atoms with Crippen molar-refractivity contribution in [2.75, 3.05) is 6.61 Å². The van der Waals surface area contributed by atoms with Gasteiger partial charge in [0, 0.05) is 4.47 Å². The lowest BCUT2D eigenvalue weighted by atomic mass is 10.1. The molecule has 1 N–H and O–H groups in total. The zero-order valence-electron chi connectivity index (χ0n) is 12.4. The number of esters is 1. The maximum Gasteiger partial charge on any atom is 0.339 e. The molecule has 0 saturated heterocycles. The van der Waals surface area contributed by atoms with E-state index in [-0.39, 0.29) is 16.1 Å². The molecule has 2 rings (SSSR count). The molecule has 0 spiro atoms. The normalized spacial score (nSPS) is 11.6. The van der Waals surface area contributed by atoms with E-state index in [0.29, 0.717) is 0 Å². The van der Waals surface area contributed by atoms with E-state index in [4.69, 9.17) is 4.74 Å². The zero-order valence-corrected chi connectivity index (χ0v) is 14.0. The molecular weight excluding hydrogens is 365 g/mol. The monoisotopic (exact) mass is 379 g/mol. The molecule has 4 nitrogen and oxygen atoms in total. The van der Waals surface area contributed by atoms with Crippen molar-refractivity contribution in [1.82, 2.24) is 5.32 Å². The van der Waals surface area contributed by atoms with E-state index >= 15 is 0 Å². The highest BCUT2D eigenvalue weighted by atomic mass is 79.9. The fraction of sp³-hybridized carbons (Fsp3) is 0.176. The van der Waals surface area contributed by atoms with Gasteiger partial charge < -0.3 is 10.1 Å². The fourth-order valence-corrected chi connectivity index (χ4v) is 2.48. The van der Waals surface area contributed by atoms with Gasteiger partial charge in [0.25, 0.3) is 5.91 Å². The minimum Gasteiger partial charge on any atom is -0.452 e. The summed E-state index contributed by atoms with van der Waals surface area (Å²) >= 11 is 3.08. The number of hydrogen-bond donors (Lipinski definition) is 1. The van der Waals surface area contributed by atoms with Crippen LogP contribution < -0.4 is 5.32 Å². The summed E-state index contributed by atoms with van der Waals surface area (Å²) in [5.41, 5.74) is 1.11. The van der Waals surface area contributed by atoms with E-state index in [2.05, 4.69) is 21.2 Å². The quantitative estimate of drug-likeness (QED) is 0.807. The molecule has 0 aliphatic heterocycles. The molecule has 0 aliphatic rings. The molecular formula is C17H15BrFNO3. The zero-order chi connectivity index (χ0) is 16.8. The number of carbonyl (C=O) groups excluding carboxylic acids is 2. The highest BCUT2D eigenvalue weighted by Gasteiger charge is 2.15. The molecule has 1 amide bonds. The Kier molecular flexibility index (Phi) is 5.87. The third-order valence-corrected chi connectivity index (χ3v) is 3.82. The second kappa shape index (κ2) is 7.87. The summed E-state index contributed by atoms with van der Waals surface area (Å²) in [5.74, 6) is -1.57. The van der Waals surface area contributed by atoms with Gasteiger partial charge in [-0.05, 0) is 46.6 Å². The molecule has 0 radical (unpaired) electrons. The predicted octanol–water partition coefficient (Wildman–Crippen LogP) is 3.62. The number of amides is 1. The molecule has 0 aliphatic carbocycles. The first kappa shape index (κ1) is 17.1. The second-order valence-electron chi connectivity index (χ2n) is 4.90. The van der Waals surface area contributed by atoms with Crippen molar-refractivity contribution in [3.63, 3.8) is 0 Å². The van der Waals surface area contributed by atoms with Crippen molar-refractivity contribution in [1.29, 1.82) is 0 Å². The summed E-state index contributed by atoms with van der Waals surface area (Å²) < 4.78 is 18.2. The average Bonchev–Trinajstić information content (AvgIpc) is 2.53. The van der Waals surface area contributed by atoms with Gasteiger partial charge in [-0.2, -0.15) is 0 Å². The third kappa shape index (κ3) is 4.89. The number of halogens is 2. The van der Waals surface area contributed by atoms with E-state index in [0.717, 1.165) is 17.7 Å². The van der Waals surface area contributed by atoms with Crippen LogP contribution in [0.1, 0.15) is 28.9 Å². The number of rotatable bonds is 5. The van der Waals surface area contributed by atoms with Gasteiger partial charge in [0.2, 0.25) is 0 Å². The third-order valence-electron chi connectivity index (χ3n) is 3.16. The van der Waals surface area contributed by atoms with Crippen molar-refractivity contribution in [3.8, 4) is 0 Å². The molecule has 0 aromatic heterocycles. The van der Waals surface area contributed by atoms with Gasteiger partial charge in [0.1, 0.15) is 5.82 Å². The molecule has 0 heterocycles. The molecule has 6 heteroatoms. The van der Waals surface area contributed by atoms with Crippen LogP contribution in [0.2, 0.25) is 0 Å². The van der Waals surface area contributed by atoms with E-state index in [1.165, 1.54) is 6.07 Å². The van der Waals surface area contributed by atoms with Gasteiger partial charge in [-0.3, -0.25) is 4.79 Å². The molecule has 23 heavy (non-hydrogen) atoms. The van der Waals surface area contributed by atoms with Crippen molar-refractivity contribution in [2.24, 2.45) is 0 Å². The lowest BCUT2D eigenvalue weighted by molar-refractivity contribution is -0.124. The Hall–Kier alpha value is -2.21. The molecule has 1 atom stereocenters. The van der Waals surface area contributed by atoms with Gasteiger partial charge in [0.05, 0.1) is 11.6 Å². The molecule has 0 fully saturated rings. The van der Waals surface area contributed by atoms with E-state index in [1.54, 1.807) is 0 Å². The number of benzene rings is 2. The standard InChI is InChI=1S/C17H15BrFNO3/c1-11(12-5-3-2-4-6-12)20-16(21)10-23-17(22)14-8-7-13(19)9-15(14)18/h2-9,11H,10H2,1H3,(H,20,21)/t11-/m1/s1. The predicted molar refractivity (Wildman–Crippen MR) is 87.4 cm³/mol. The highest BCUT2D eigenvalue weighted by Crippen LogP contribution is 2.19. The number of nitrogens with one attached hydrogen (secondary N) is 1. The average molecular weight is 380 g/mol. The Balaban J connectivity index is 1.88. The van der Waals surface area contributed by atoms with Crippen LogP contribution in [0.15, 0.2) is 53.0 Å². The van der Waals surface area contributed by atoms with Crippen LogP contribution in [0.3, 0.4) is 0 Å². The van der Waals surface area contributed by atoms with Crippen LogP contribution in [-0.2, 0) is 9.53 Å². The Morgan fingerprint density at radius 1 is 1.22 bits per heavy atom. The molecule has 2 aromatic carbocycles. The van der Waals surface area contributed by atoms with Crippen molar-refractivity contribution in [3.05, 3.63) is 69.9 Å². The smallest absolute Gasteiger partial charge is 0.339 e. The summed E-state index contributed by atoms with van der Waals surface area (Å²) in [4.78, 5) is 23.7. The number of ether oxygens (including phenoxy) is 1. The SMILES string of the molecule is C[C@@H](NC(=O)COC(=O)c1ccc(F)cc1Br)c1ccccc1. The van der Waals surface area contributed by atoms with Crippen LogP contribution in [-0.4, -0.2) is 18.5 Å². The number of hydrogen-bond acceptors (Lipinski definition) is 3. The summed E-state index contributed by atoms with van der Waals surface area (Å²) in [6, 6.07) is 12.9. The minimum atomic E-state index is -0.695. The van der Waals surface area contributed by atoms with Crippen molar-refractivity contribution < 1.29 is 18.7 Å². The Bertz CT molecular complexity index is 706. The first-order valence-electron chi connectivity index (χ1n) is 6.94.